The van der Waals surface area contributed by atoms with E-state index in [0.717, 1.165) is 5.56 Å². The fourth-order valence-corrected chi connectivity index (χ4v) is 2.64. The van der Waals surface area contributed by atoms with Gasteiger partial charge in [-0.25, -0.2) is 4.98 Å². The molecule has 4 rings (SSSR count). The van der Waals surface area contributed by atoms with Gasteiger partial charge in [-0.3, -0.25) is 4.79 Å². The van der Waals surface area contributed by atoms with E-state index in [0.29, 0.717) is 35.1 Å². The van der Waals surface area contributed by atoms with Gasteiger partial charge in [0.1, 0.15) is 17.3 Å². The van der Waals surface area contributed by atoms with Gasteiger partial charge in [0, 0.05) is 18.8 Å². The van der Waals surface area contributed by atoms with E-state index in [9.17, 15) is 4.79 Å². The lowest BCUT2D eigenvalue weighted by molar-refractivity contribution is 0.0951. The van der Waals surface area contributed by atoms with Gasteiger partial charge in [0.25, 0.3) is 5.91 Å². The first-order chi connectivity index (χ1) is 13.2. The fraction of sp³-hybridized carbons (Fsp3) is 0.100. The summed E-state index contributed by atoms with van der Waals surface area (Å²) in [7, 11) is 0. The first-order valence-corrected chi connectivity index (χ1v) is 8.34. The number of amides is 1. The number of rotatable bonds is 5. The van der Waals surface area contributed by atoms with Gasteiger partial charge >= 0.3 is 0 Å². The van der Waals surface area contributed by atoms with Crippen LogP contribution in [0.1, 0.15) is 15.9 Å². The highest BCUT2D eigenvalue weighted by atomic mass is 16.7. The molecule has 7 heteroatoms. The maximum absolute atomic E-state index is 12.2. The molecule has 0 unspecified atom stereocenters. The highest BCUT2D eigenvalue weighted by Gasteiger charge is 2.14. The standard InChI is InChI=1S/C20H17N3O4/c21-19-16(2-1-9-22-19)20(24)23-11-13-3-5-14(6-4-13)27-15-7-8-17-18(10-15)26-12-25-17/h1-10H,11-12H2,(H2,21,22)(H,23,24). The fourth-order valence-electron chi connectivity index (χ4n) is 2.64. The van der Waals surface area contributed by atoms with Crippen molar-refractivity contribution in [3.8, 4) is 23.0 Å². The molecular weight excluding hydrogens is 346 g/mol. The zero-order valence-electron chi connectivity index (χ0n) is 14.3. The number of nitrogens with two attached hydrogens (primary N) is 1. The summed E-state index contributed by atoms with van der Waals surface area (Å²) in [4.78, 5) is 16.1. The van der Waals surface area contributed by atoms with E-state index in [1.807, 2.05) is 36.4 Å². The largest absolute Gasteiger partial charge is 0.457 e. The molecule has 3 N–H and O–H groups in total. The second-order valence-electron chi connectivity index (χ2n) is 5.88. The molecule has 2 aromatic carbocycles. The number of pyridine rings is 1. The Labute approximate surface area is 155 Å². The molecule has 1 amide bonds. The molecule has 27 heavy (non-hydrogen) atoms. The monoisotopic (exact) mass is 363 g/mol. The van der Waals surface area contributed by atoms with Crippen LogP contribution in [0.5, 0.6) is 23.0 Å². The minimum absolute atomic E-state index is 0.211. The Morgan fingerprint density at radius 2 is 1.85 bits per heavy atom. The van der Waals surface area contributed by atoms with Crippen molar-refractivity contribution >= 4 is 11.7 Å². The number of nitrogens with zero attached hydrogens (tertiary/aromatic N) is 1. The predicted octanol–water partition coefficient (Wildman–Crippen LogP) is 3.11. The molecule has 3 aromatic rings. The number of anilines is 1. The third-order valence-electron chi connectivity index (χ3n) is 4.04. The number of nitrogens with one attached hydrogen (secondary N) is 1. The summed E-state index contributed by atoms with van der Waals surface area (Å²) in [6.07, 6.45) is 1.55. The van der Waals surface area contributed by atoms with Crippen LogP contribution in [0.3, 0.4) is 0 Å². The SMILES string of the molecule is Nc1ncccc1C(=O)NCc1ccc(Oc2ccc3c(c2)OCO3)cc1. The van der Waals surface area contributed by atoms with Gasteiger partial charge in [-0.15, -0.1) is 0 Å². The lowest BCUT2D eigenvalue weighted by Gasteiger charge is -2.09. The van der Waals surface area contributed by atoms with Crippen molar-refractivity contribution in [2.45, 2.75) is 6.54 Å². The van der Waals surface area contributed by atoms with Crippen LogP contribution in [-0.2, 0) is 6.54 Å². The molecule has 0 spiro atoms. The van der Waals surface area contributed by atoms with Crippen LogP contribution >= 0.6 is 0 Å². The van der Waals surface area contributed by atoms with Crippen molar-refractivity contribution < 1.29 is 19.0 Å². The van der Waals surface area contributed by atoms with Crippen LogP contribution in [-0.4, -0.2) is 17.7 Å². The molecule has 1 aliphatic heterocycles. The van der Waals surface area contributed by atoms with Crippen molar-refractivity contribution in [3.05, 3.63) is 71.9 Å². The molecule has 136 valence electrons. The van der Waals surface area contributed by atoms with Gasteiger partial charge in [-0.05, 0) is 42.0 Å². The van der Waals surface area contributed by atoms with E-state index in [1.165, 1.54) is 0 Å². The predicted molar refractivity (Wildman–Crippen MR) is 98.9 cm³/mol. The average Bonchev–Trinajstić information content (AvgIpc) is 3.15. The summed E-state index contributed by atoms with van der Waals surface area (Å²) in [5.41, 5.74) is 7.01. The lowest BCUT2D eigenvalue weighted by Crippen LogP contribution is -2.24. The highest BCUT2D eigenvalue weighted by Crippen LogP contribution is 2.36. The highest BCUT2D eigenvalue weighted by molar-refractivity contribution is 5.98. The molecule has 2 heterocycles. The number of carbonyl (C=O) groups excluding carboxylic acids is 1. The first-order valence-electron chi connectivity index (χ1n) is 8.34. The molecule has 1 aromatic heterocycles. The van der Waals surface area contributed by atoms with Crippen LogP contribution in [0.4, 0.5) is 5.82 Å². The number of ether oxygens (including phenoxy) is 3. The third-order valence-corrected chi connectivity index (χ3v) is 4.04. The molecular formula is C20H17N3O4. The summed E-state index contributed by atoms with van der Waals surface area (Å²) in [5.74, 6) is 2.67. The normalized spacial score (nSPS) is 11.9. The quantitative estimate of drug-likeness (QED) is 0.723. The van der Waals surface area contributed by atoms with E-state index in [2.05, 4.69) is 10.3 Å². The smallest absolute Gasteiger partial charge is 0.255 e. The summed E-state index contributed by atoms with van der Waals surface area (Å²) < 4.78 is 16.4. The number of fused-ring (bicyclic) bond motifs is 1. The van der Waals surface area contributed by atoms with Crippen molar-refractivity contribution in [2.75, 3.05) is 12.5 Å². The summed E-state index contributed by atoms with van der Waals surface area (Å²) in [6.45, 7) is 0.599. The molecule has 0 saturated heterocycles. The topological polar surface area (TPSA) is 95.7 Å². The van der Waals surface area contributed by atoms with E-state index >= 15 is 0 Å². The molecule has 0 fully saturated rings. The van der Waals surface area contributed by atoms with Crippen molar-refractivity contribution in [1.82, 2.24) is 10.3 Å². The Morgan fingerprint density at radius 1 is 1.07 bits per heavy atom. The summed E-state index contributed by atoms with van der Waals surface area (Å²) >= 11 is 0. The van der Waals surface area contributed by atoms with Gasteiger partial charge in [0.05, 0.1) is 5.56 Å². The number of nitrogen functional groups attached to an aromatic ring is 1. The molecule has 0 bridgehead atoms. The number of aromatic nitrogens is 1. The van der Waals surface area contributed by atoms with Crippen LogP contribution in [0.15, 0.2) is 60.8 Å². The maximum atomic E-state index is 12.2. The van der Waals surface area contributed by atoms with Crippen molar-refractivity contribution in [3.63, 3.8) is 0 Å². The Balaban J connectivity index is 1.36. The minimum atomic E-state index is -0.263. The van der Waals surface area contributed by atoms with E-state index < -0.39 is 0 Å². The lowest BCUT2D eigenvalue weighted by atomic mass is 10.2. The summed E-state index contributed by atoms with van der Waals surface area (Å²) in [5, 5.41) is 2.82. The number of carbonyl (C=O) groups is 1. The second-order valence-corrected chi connectivity index (χ2v) is 5.88. The molecule has 0 aliphatic carbocycles. The third kappa shape index (κ3) is 3.77. The zero-order valence-corrected chi connectivity index (χ0v) is 14.3. The van der Waals surface area contributed by atoms with E-state index in [4.69, 9.17) is 19.9 Å². The molecule has 7 nitrogen and oxygen atoms in total. The van der Waals surface area contributed by atoms with Gasteiger partial charge < -0.3 is 25.3 Å². The van der Waals surface area contributed by atoms with Gasteiger partial charge in [-0.1, -0.05) is 12.1 Å². The van der Waals surface area contributed by atoms with Gasteiger partial charge in [0.15, 0.2) is 11.5 Å². The Kier molecular flexibility index (Phi) is 4.49. The minimum Gasteiger partial charge on any atom is -0.457 e. The van der Waals surface area contributed by atoms with Crippen LogP contribution in [0.2, 0.25) is 0 Å². The molecule has 0 saturated carbocycles. The van der Waals surface area contributed by atoms with Gasteiger partial charge in [-0.2, -0.15) is 0 Å². The van der Waals surface area contributed by atoms with E-state index in [1.54, 1.807) is 24.4 Å². The molecule has 1 aliphatic rings. The average molecular weight is 363 g/mol. The Hall–Kier alpha value is -3.74. The van der Waals surface area contributed by atoms with Gasteiger partial charge in [0.2, 0.25) is 6.79 Å². The Bertz CT molecular complexity index is 973. The number of benzene rings is 2. The second kappa shape index (κ2) is 7.25. The van der Waals surface area contributed by atoms with Crippen molar-refractivity contribution in [2.24, 2.45) is 0 Å². The number of hydrogen-bond acceptors (Lipinski definition) is 6. The number of hydrogen-bond donors (Lipinski definition) is 2. The molecule has 0 atom stereocenters. The van der Waals surface area contributed by atoms with Crippen LogP contribution in [0.25, 0.3) is 0 Å². The van der Waals surface area contributed by atoms with E-state index in [-0.39, 0.29) is 18.5 Å². The Morgan fingerprint density at radius 3 is 2.67 bits per heavy atom. The molecule has 0 radical (unpaired) electrons. The maximum Gasteiger partial charge on any atom is 0.255 e. The van der Waals surface area contributed by atoms with Crippen LogP contribution in [0, 0.1) is 0 Å². The van der Waals surface area contributed by atoms with Crippen LogP contribution < -0.4 is 25.3 Å². The summed E-state index contributed by atoms with van der Waals surface area (Å²) in [6, 6.07) is 16.2. The van der Waals surface area contributed by atoms with Crippen molar-refractivity contribution in [1.29, 1.82) is 0 Å². The first kappa shape index (κ1) is 16.7. The zero-order chi connectivity index (χ0) is 18.6.